The molecule has 2 aromatic carbocycles. The van der Waals surface area contributed by atoms with Crippen molar-refractivity contribution in [2.75, 3.05) is 35.0 Å². The Morgan fingerprint density at radius 3 is 2.19 bits per heavy atom. The minimum atomic E-state index is -0.420. The van der Waals surface area contributed by atoms with Crippen molar-refractivity contribution < 1.29 is 28.5 Å². The number of nitrogens with zero attached hydrogens (tertiary/aromatic N) is 1. The Kier molecular flexibility index (Phi) is 7.30. The molecule has 2 rings (SSSR count). The van der Waals surface area contributed by atoms with Crippen LogP contribution in [-0.2, 0) is 4.79 Å². The molecule has 0 heterocycles. The number of carbonyl (C=O) groups is 1. The minimum absolute atomic E-state index is 0.208. The first-order chi connectivity index (χ1) is 13.1. The second-order valence-corrected chi connectivity index (χ2v) is 5.16. The first-order valence-corrected chi connectivity index (χ1v) is 8.01. The van der Waals surface area contributed by atoms with E-state index in [0.29, 0.717) is 34.3 Å². The van der Waals surface area contributed by atoms with E-state index in [0.717, 1.165) is 0 Å². The Labute approximate surface area is 157 Å². The van der Waals surface area contributed by atoms with Crippen LogP contribution in [0, 0.1) is 0 Å². The molecule has 0 saturated carbocycles. The Balaban J connectivity index is 1.99. The van der Waals surface area contributed by atoms with Crippen molar-refractivity contribution in [2.24, 2.45) is 5.10 Å². The lowest BCUT2D eigenvalue weighted by Crippen LogP contribution is -2.24. The predicted molar refractivity (Wildman–Crippen MR) is 100 cm³/mol. The molecule has 0 bridgehead atoms. The number of hydrogen-bond donors (Lipinski definition) is 1. The molecule has 1 N–H and O–H groups in total. The van der Waals surface area contributed by atoms with Gasteiger partial charge in [0.1, 0.15) is 0 Å². The summed E-state index contributed by atoms with van der Waals surface area (Å²) in [5.41, 5.74) is 3.01. The van der Waals surface area contributed by atoms with Crippen molar-refractivity contribution in [1.29, 1.82) is 0 Å². The van der Waals surface area contributed by atoms with Gasteiger partial charge in [-0.15, -0.1) is 0 Å². The number of ether oxygens (including phenoxy) is 5. The summed E-state index contributed by atoms with van der Waals surface area (Å²) >= 11 is 0. The molecule has 0 unspecified atom stereocenters. The van der Waals surface area contributed by atoms with Crippen LogP contribution in [-0.4, -0.2) is 47.2 Å². The number of benzene rings is 2. The SMILES string of the molecule is COc1ccccc1OCC(=O)N/N=C/c1ccc(OC)c(OC)c1OC. The highest BCUT2D eigenvalue weighted by atomic mass is 16.5. The lowest BCUT2D eigenvalue weighted by Gasteiger charge is -2.13. The highest BCUT2D eigenvalue weighted by molar-refractivity contribution is 5.87. The molecule has 27 heavy (non-hydrogen) atoms. The van der Waals surface area contributed by atoms with Gasteiger partial charge in [0.05, 0.1) is 34.7 Å². The molecule has 0 fully saturated rings. The number of hydrazone groups is 1. The van der Waals surface area contributed by atoms with Crippen LogP contribution in [0.25, 0.3) is 0 Å². The molecule has 1 amide bonds. The number of rotatable bonds is 9. The summed E-state index contributed by atoms with van der Waals surface area (Å²) in [5, 5.41) is 3.92. The summed E-state index contributed by atoms with van der Waals surface area (Å²) in [6.07, 6.45) is 1.45. The fourth-order valence-corrected chi connectivity index (χ4v) is 2.31. The first kappa shape index (κ1) is 19.9. The highest BCUT2D eigenvalue weighted by Crippen LogP contribution is 2.38. The molecule has 0 saturated heterocycles. The summed E-state index contributed by atoms with van der Waals surface area (Å²) < 4.78 is 26.5. The van der Waals surface area contributed by atoms with E-state index in [1.54, 1.807) is 30.3 Å². The topological polar surface area (TPSA) is 87.6 Å². The van der Waals surface area contributed by atoms with Gasteiger partial charge in [-0.3, -0.25) is 4.79 Å². The van der Waals surface area contributed by atoms with Crippen LogP contribution in [0.3, 0.4) is 0 Å². The lowest BCUT2D eigenvalue weighted by molar-refractivity contribution is -0.123. The van der Waals surface area contributed by atoms with Gasteiger partial charge < -0.3 is 23.7 Å². The van der Waals surface area contributed by atoms with Crippen molar-refractivity contribution in [2.45, 2.75) is 0 Å². The molecule has 8 heteroatoms. The van der Waals surface area contributed by atoms with E-state index < -0.39 is 5.91 Å². The van der Waals surface area contributed by atoms with Gasteiger partial charge in [-0.05, 0) is 24.3 Å². The van der Waals surface area contributed by atoms with Gasteiger partial charge in [0.2, 0.25) is 5.75 Å². The molecular weight excluding hydrogens is 352 g/mol. The standard InChI is InChI=1S/C19H22N2O6/c1-23-14-7-5-6-8-15(14)27-12-17(22)21-20-11-13-9-10-16(24-2)19(26-4)18(13)25-3/h5-11H,12H2,1-4H3,(H,21,22)/b20-11+. The van der Waals surface area contributed by atoms with Gasteiger partial charge in [0.25, 0.3) is 5.91 Å². The molecule has 0 spiro atoms. The highest BCUT2D eigenvalue weighted by Gasteiger charge is 2.14. The van der Waals surface area contributed by atoms with Crippen LogP contribution in [0.1, 0.15) is 5.56 Å². The maximum absolute atomic E-state index is 11.9. The van der Waals surface area contributed by atoms with Gasteiger partial charge in [-0.25, -0.2) is 5.43 Å². The number of hydrogen-bond acceptors (Lipinski definition) is 7. The Bertz CT molecular complexity index is 807. The number of nitrogens with one attached hydrogen (secondary N) is 1. The maximum atomic E-state index is 11.9. The van der Waals surface area contributed by atoms with Crippen molar-refractivity contribution in [1.82, 2.24) is 5.43 Å². The third kappa shape index (κ3) is 5.04. The molecule has 2 aromatic rings. The second kappa shape index (κ2) is 9.91. The molecule has 0 aromatic heterocycles. The van der Waals surface area contributed by atoms with E-state index in [9.17, 15) is 4.79 Å². The van der Waals surface area contributed by atoms with Gasteiger partial charge in [-0.2, -0.15) is 5.10 Å². The molecule has 0 radical (unpaired) electrons. The Morgan fingerprint density at radius 2 is 1.56 bits per heavy atom. The quantitative estimate of drug-likeness (QED) is 0.535. The van der Waals surface area contributed by atoms with Crippen molar-refractivity contribution in [3.8, 4) is 28.7 Å². The summed E-state index contributed by atoms with van der Waals surface area (Å²) in [5.74, 6) is 2.01. The number of para-hydroxylation sites is 2. The Hall–Kier alpha value is -3.42. The van der Waals surface area contributed by atoms with E-state index in [1.807, 2.05) is 6.07 Å². The van der Waals surface area contributed by atoms with Crippen molar-refractivity contribution in [3.63, 3.8) is 0 Å². The normalized spacial score (nSPS) is 10.4. The zero-order valence-electron chi connectivity index (χ0n) is 15.6. The van der Waals surface area contributed by atoms with Crippen molar-refractivity contribution in [3.05, 3.63) is 42.0 Å². The molecule has 0 atom stereocenters. The van der Waals surface area contributed by atoms with Crippen LogP contribution < -0.4 is 29.1 Å². The van der Waals surface area contributed by atoms with Gasteiger partial charge in [-0.1, -0.05) is 12.1 Å². The third-order valence-electron chi connectivity index (χ3n) is 3.56. The zero-order chi connectivity index (χ0) is 19.6. The Morgan fingerprint density at radius 1 is 0.889 bits per heavy atom. The van der Waals surface area contributed by atoms with E-state index in [-0.39, 0.29) is 6.61 Å². The average Bonchev–Trinajstić information content (AvgIpc) is 2.71. The molecule has 8 nitrogen and oxygen atoms in total. The smallest absolute Gasteiger partial charge is 0.277 e. The van der Waals surface area contributed by atoms with Crippen LogP contribution >= 0.6 is 0 Å². The van der Waals surface area contributed by atoms with Crippen LogP contribution in [0.2, 0.25) is 0 Å². The zero-order valence-corrected chi connectivity index (χ0v) is 15.6. The maximum Gasteiger partial charge on any atom is 0.277 e. The van der Waals surface area contributed by atoms with E-state index in [1.165, 1.54) is 34.7 Å². The van der Waals surface area contributed by atoms with Crippen LogP contribution in [0.15, 0.2) is 41.5 Å². The number of methoxy groups -OCH3 is 4. The molecule has 0 aliphatic carbocycles. The van der Waals surface area contributed by atoms with Crippen LogP contribution in [0.5, 0.6) is 28.7 Å². The third-order valence-corrected chi connectivity index (χ3v) is 3.56. The molecule has 0 aliphatic heterocycles. The van der Waals surface area contributed by atoms with Crippen LogP contribution in [0.4, 0.5) is 0 Å². The van der Waals surface area contributed by atoms with E-state index in [4.69, 9.17) is 23.7 Å². The van der Waals surface area contributed by atoms with Gasteiger partial charge >= 0.3 is 0 Å². The van der Waals surface area contributed by atoms with E-state index >= 15 is 0 Å². The predicted octanol–water partition coefficient (Wildman–Crippen LogP) is 2.25. The molecule has 144 valence electrons. The monoisotopic (exact) mass is 374 g/mol. The summed E-state index contributed by atoms with van der Waals surface area (Å²) in [6.45, 7) is -0.208. The lowest BCUT2D eigenvalue weighted by atomic mass is 10.2. The fourth-order valence-electron chi connectivity index (χ4n) is 2.31. The van der Waals surface area contributed by atoms with Gasteiger partial charge in [0, 0.05) is 5.56 Å². The summed E-state index contributed by atoms with van der Waals surface area (Å²) in [4.78, 5) is 11.9. The number of carbonyl (C=O) groups excluding carboxylic acids is 1. The minimum Gasteiger partial charge on any atom is -0.493 e. The molecular formula is C19H22N2O6. The van der Waals surface area contributed by atoms with E-state index in [2.05, 4.69) is 10.5 Å². The second-order valence-electron chi connectivity index (χ2n) is 5.16. The van der Waals surface area contributed by atoms with Crippen molar-refractivity contribution >= 4 is 12.1 Å². The van der Waals surface area contributed by atoms with Gasteiger partial charge in [0.15, 0.2) is 29.6 Å². The number of amides is 1. The largest absolute Gasteiger partial charge is 0.493 e. The fraction of sp³-hybridized carbons (Fsp3) is 0.263. The first-order valence-electron chi connectivity index (χ1n) is 8.01. The summed E-state index contributed by atoms with van der Waals surface area (Å²) in [6, 6.07) is 10.5. The molecule has 0 aliphatic rings. The summed E-state index contributed by atoms with van der Waals surface area (Å²) in [7, 11) is 6.09. The average molecular weight is 374 g/mol.